The lowest BCUT2D eigenvalue weighted by Gasteiger charge is -2.36. The van der Waals surface area contributed by atoms with Crippen LogP contribution in [0.5, 0.6) is 5.75 Å². The number of fused-ring (bicyclic) bond motifs is 1. The van der Waals surface area contributed by atoms with E-state index in [4.69, 9.17) is 14.2 Å². The van der Waals surface area contributed by atoms with Crippen LogP contribution in [0, 0.1) is 29.6 Å². The highest BCUT2D eigenvalue weighted by Crippen LogP contribution is 2.40. The van der Waals surface area contributed by atoms with Gasteiger partial charge in [-0.05, 0) is 100 Å². The second-order valence-electron chi connectivity index (χ2n) is 23.5. The van der Waals surface area contributed by atoms with Gasteiger partial charge in [0.15, 0.2) is 11.9 Å². The minimum atomic E-state index is -1.76. The number of esters is 2. The largest absolute Gasteiger partial charge is 0.497 e. The van der Waals surface area contributed by atoms with Crippen LogP contribution >= 0.6 is 0 Å². The first-order valence-corrected chi connectivity index (χ1v) is 28.4. The van der Waals surface area contributed by atoms with Crippen molar-refractivity contribution in [3.05, 3.63) is 29.8 Å². The average Bonchev–Trinajstić information content (AvgIpc) is 4.16. The second-order valence-corrected chi connectivity index (χ2v) is 23.5. The van der Waals surface area contributed by atoms with Crippen LogP contribution in [0.15, 0.2) is 24.3 Å². The number of likely N-dealkylation sites (tertiary alicyclic amines) is 2. The summed E-state index contributed by atoms with van der Waals surface area (Å²) in [4.78, 5) is 162. The molecule has 22 heteroatoms. The Balaban J connectivity index is 1.63. The first-order chi connectivity index (χ1) is 37.6. The molecule has 80 heavy (non-hydrogen) atoms. The molecule has 5 rings (SSSR count). The highest BCUT2D eigenvalue weighted by Gasteiger charge is 2.57. The molecular weight excluding hydrogens is 1030 g/mol. The number of hydrogen-bond donors (Lipinski definition) is 4. The van der Waals surface area contributed by atoms with Crippen LogP contribution in [-0.2, 0) is 68.6 Å². The molecule has 1 aromatic carbocycles. The average molecular weight is 1120 g/mol. The first kappa shape index (κ1) is 64.4. The van der Waals surface area contributed by atoms with Gasteiger partial charge in [-0.15, -0.1) is 0 Å². The number of ketones is 2. The first-order valence-electron chi connectivity index (χ1n) is 28.4. The molecule has 12 atom stereocenters. The molecule has 22 nitrogen and oxygen atoms in total. The molecule has 1 aromatic rings. The van der Waals surface area contributed by atoms with E-state index >= 15 is 9.59 Å². The summed E-state index contributed by atoms with van der Waals surface area (Å²) in [6.07, 6.45) is -3.48. The Morgan fingerprint density at radius 2 is 1.51 bits per heavy atom. The van der Waals surface area contributed by atoms with Gasteiger partial charge in [-0.1, -0.05) is 73.9 Å². The van der Waals surface area contributed by atoms with Crippen LogP contribution in [0.4, 0.5) is 0 Å². The number of hydrogen-bond acceptors (Lipinski definition) is 15. The Hall–Kier alpha value is -6.45. The topological polar surface area (TPSA) is 285 Å². The minimum Gasteiger partial charge on any atom is -0.497 e. The number of aliphatic hydroxyl groups is 1. The number of nitrogens with zero attached hydrogens (tertiary/aromatic N) is 4. The van der Waals surface area contributed by atoms with Gasteiger partial charge in [-0.3, -0.25) is 47.9 Å². The van der Waals surface area contributed by atoms with E-state index in [1.165, 1.54) is 47.6 Å². The number of amides is 7. The van der Waals surface area contributed by atoms with Crippen molar-refractivity contribution in [1.29, 1.82) is 0 Å². The van der Waals surface area contributed by atoms with Crippen LogP contribution in [-0.4, -0.2) is 183 Å². The highest BCUT2D eigenvalue weighted by molar-refractivity contribution is 6.35. The Morgan fingerprint density at radius 1 is 0.850 bits per heavy atom. The number of benzene rings is 1. The van der Waals surface area contributed by atoms with Crippen molar-refractivity contribution in [2.75, 3.05) is 33.8 Å². The van der Waals surface area contributed by atoms with Gasteiger partial charge in [0.1, 0.15) is 47.6 Å². The molecular formula is C58H87N7O15. The molecule has 0 aliphatic carbocycles. The zero-order valence-corrected chi connectivity index (χ0v) is 49.0. The fourth-order valence-electron chi connectivity index (χ4n) is 11.5. The summed E-state index contributed by atoms with van der Waals surface area (Å²) in [6.45, 7) is 18.3. The van der Waals surface area contributed by atoms with Crippen molar-refractivity contribution in [1.82, 2.24) is 35.6 Å². The highest BCUT2D eigenvalue weighted by atomic mass is 16.6. The number of ether oxygens (including phenoxy) is 3. The van der Waals surface area contributed by atoms with E-state index in [0.717, 1.165) is 6.92 Å². The summed E-state index contributed by atoms with van der Waals surface area (Å²) in [5, 5.41) is 20.2. The minimum absolute atomic E-state index is 0.0376. The van der Waals surface area contributed by atoms with Gasteiger partial charge in [0.05, 0.1) is 31.6 Å². The maximum Gasteiger partial charge on any atom is 0.329 e. The summed E-state index contributed by atoms with van der Waals surface area (Å²) in [5.41, 5.74) is -0.785. The van der Waals surface area contributed by atoms with Gasteiger partial charge in [0, 0.05) is 40.0 Å². The van der Waals surface area contributed by atoms with Crippen LogP contribution in [0.3, 0.4) is 0 Å². The Morgan fingerprint density at radius 3 is 2.10 bits per heavy atom. The van der Waals surface area contributed by atoms with Crippen LogP contribution in [0.1, 0.15) is 140 Å². The Kier molecular flexibility index (Phi) is 22.4. The van der Waals surface area contributed by atoms with Gasteiger partial charge in [-0.25, -0.2) is 4.79 Å². The predicted octanol–water partition coefficient (Wildman–Crippen LogP) is 2.67. The molecule has 4 aliphatic rings. The summed E-state index contributed by atoms with van der Waals surface area (Å²) < 4.78 is 17.3. The molecule has 4 heterocycles. The third kappa shape index (κ3) is 14.9. The fourth-order valence-corrected chi connectivity index (χ4v) is 11.5. The van der Waals surface area contributed by atoms with E-state index in [0.29, 0.717) is 30.6 Å². The van der Waals surface area contributed by atoms with E-state index in [1.807, 2.05) is 27.7 Å². The normalized spacial score (nSPS) is 28.9. The third-order valence-electron chi connectivity index (χ3n) is 16.3. The lowest BCUT2D eigenvalue weighted by molar-refractivity contribution is -0.163. The van der Waals surface area contributed by atoms with Crippen LogP contribution < -0.4 is 20.7 Å². The SMILES string of the molecule is CC[C@H](C)[C@H]1NC(=O)[C@H](NC(=O)C(CC(C)C)N2CCC3(CCCN3C(=O)C(C)=O)C2=O)[C@@H](C)OC(=O)[C@H](Cc2ccc(OC)cc2)N(C)C(=O)[C@@H]2CCCN2C(=O)[C@H](CC(C)C)NC(=O)[C@@H](C)C(=O)[C@H](C(C)C)OC(=O)C[C@@H]1O. The molecule has 4 saturated heterocycles. The Labute approximate surface area is 470 Å². The quantitative estimate of drug-likeness (QED) is 0.118. The number of methoxy groups -OCH3 is 1. The van der Waals surface area contributed by atoms with Crippen molar-refractivity contribution >= 4 is 64.9 Å². The molecule has 4 aliphatic heterocycles. The van der Waals surface area contributed by atoms with Crippen molar-refractivity contribution in [3.8, 4) is 5.75 Å². The van der Waals surface area contributed by atoms with Crippen molar-refractivity contribution < 1.29 is 72.1 Å². The molecule has 1 spiro atoms. The van der Waals surface area contributed by atoms with E-state index in [9.17, 15) is 48.3 Å². The van der Waals surface area contributed by atoms with Gasteiger partial charge in [-0.2, -0.15) is 0 Å². The molecule has 2 unspecified atom stereocenters. The van der Waals surface area contributed by atoms with E-state index in [1.54, 1.807) is 52.0 Å². The maximum absolute atomic E-state index is 15.1. The molecule has 4 fully saturated rings. The third-order valence-corrected chi connectivity index (χ3v) is 16.3. The van der Waals surface area contributed by atoms with E-state index in [2.05, 4.69) is 16.0 Å². The number of carbonyl (C=O) groups excluding carboxylic acids is 11. The number of Topliss-reactive ketones (excluding diaryl/α,β-unsaturated/α-hetero) is 2. The second kappa shape index (κ2) is 27.8. The van der Waals surface area contributed by atoms with Gasteiger partial charge in [0.25, 0.3) is 5.91 Å². The maximum atomic E-state index is 15.1. The number of aliphatic hydroxyl groups excluding tert-OH is 1. The molecule has 0 bridgehead atoms. The van der Waals surface area contributed by atoms with Gasteiger partial charge >= 0.3 is 11.9 Å². The summed E-state index contributed by atoms with van der Waals surface area (Å²) >= 11 is 0. The summed E-state index contributed by atoms with van der Waals surface area (Å²) in [6, 6.07) is -1.17. The monoisotopic (exact) mass is 1120 g/mol. The Bertz CT molecular complexity index is 2470. The number of nitrogens with one attached hydrogen (secondary N) is 3. The number of carbonyl (C=O) groups is 11. The van der Waals surface area contributed by atoms with E-state index < -0.39 is 149 Å². The van der Waals surface area contributed by atoms with Crippen molar-refractivity contribution in [3.63, 3.8) is 0 Å². The number of likely N-dealkylation sites (N-methyl/N-ethyl adjacent to an activating group) is 1. The standard InChI is InChI=1S/C58H87N7O15/c1-14-34(8)46-44(67)30-45(68)80-49(33(6)7)48(69)35(9)50(70)59-40(27-31(2)3)54(74)63-24-15-17-41(63)55(75)62(12)43(29-38-18-20-39(78-13)21-19-38)56(76)79-37(11)47(52(72)60-46)61-51(71)42(28-32(4)5)64-26-23-58(57(64)77)22-16-25-65(58)53(73)36(10)66/h18-21,31-35,37,40-44,46-47,49,67H,14-17,22-30H2,1-13H3,(H,59,70)(H,60,72)(H,61,71)/t34-,35-,37+,40-,41-,42?,43-,44-,46+,47+,49-,58?/m0/s1. The smallest absolute Gasteiger partial charge is 0.329 e. The summed E-state index contributed by atoms with van der Waals surface area (Å²) in [7, 11) is 2.89. The van der Waals surface area contributed by atoms with Crippen molar-refractivity contribution in [2.24, 2.45) is 29.6 Å². The lowest BCUT2D eigenvalue weighted by atomic mass is 9.91. The lowest BCUT2D eigenvalue weighted by Crippen LogP contribution is -2.62. The van der Waals surface area contributed by atoms with Gasteiger partial charge in [0.2, 0.25) is 41.2 Å². The zero-order valence-electron chi connectivity index (χ0n) is 49.0. The molecule has 0 saturated carbocycles. The molecule has 7 amide bonds. The predicted molar refractivity (Wildman–Crippen MR) is 292 cm³/mol. The molecule has 0 aromatic heterocycles. The summed E-state index contributed by atoms with van der Waals surface area (Å²) in [5.74, 6) is -11.1. The van der Waals surface area contributed by atoms with Crippen molar-refractivity contribution in [2.45, 2.75) is 200 Å². The molecule has 4 N–H and O–H groups in total. The number of rotatable bonds is 14. The molecule has 444 valence electrons. The number of cyclic esters (lactones) is 2. The fraction of sp³-hybridized carbons (Fsp3) is 0.707. The molecule has 0 radical (unpaired) electrons. The van der Waals surface area contributed by atoms with Gasteiger partial charge < -0.3 is 54.9 Å². The van der Waals surface area contributed by atoms with Crippen LogP contribution in [0.2, 0.25) is 0 Å². The van der Waals surface area contributed by atoms with Crippen LogP contribution in [0.25, 0.3) is 0 Å². The zero-order chi connectivity index (χ0) is 59.7. The van der Waals surface area contributed by atoms with E-state index in [-0.39, 0.29) is 70.0 Å².